The van der Waals surface area contributed by atoms with E-state index in [1.165, 1.54) is 11.3 Å². The van der Waals surface area contributed by atoms with Gasteiger partial charge in [0.05, 0.1) is 19.2 Å². The highest BCUT2D eigenvalue weighted by molar-refractivity contribution is 7.10. The van der Waals surface area contributed by atoms with Crippen LogP contribution in [-0.4, -0.2) is 29.9 Å². The third-order valence-electron chi connectivity index (χ3n) is 5.75. The molecule has 2 heterocycles. The number of carbonyl (C=O) groups excluding carboxylic acids is 2. The molecular weight excluding hydrogens is 422 g/mol. The van der Waals surface area contributed by atoms with Gasteiger partial charge in [0.2, 0.25) is 11.8 Å². The molecule has 1 atom stereocenters. The third kappa shape index (κ3) is 4.99. The van der Waals surface area contributed by atoms with Crippen LogP contribution in [0.5, 0.6) is 5.75 Å². The lowest BCUT2D eigenvalue weighted by molar-refractivity contribution is -0.127. The molecule has 6 nitrogen and oxygen atoms in total. The first-order chi connectivity index (χ1) is 15.7. The van der Waals surface area contributed by atoms with Gasteiger partial charge in [-0.05, 0) is 54.1 Å². The molecule has 1 fully saturated rings. The summed E-state index contributed by atoms with van der Waals surface area (Å²) in [7, 11) is 1.57. The van der Waals surface area contributed by atoms with Gasteiger partial charge in [-0.15, -0.1) is 11.3 Å². The molecule has 1 aromatic carbocycles. The molecule has 4 rings (SSSR count). The van der Waals surface area contributed by atoms with E-state index in [4.69, 9.17) is 4.74 Å². The number of hydrogen-bond donors (Lipinski definition) is 1. The topological polar surface area (TPSA) is 71.5 Å². The van der Waals surface area contributed by atoms with Gasteiger partial charge in [0.25, 0.3) is 0 Å². The zero-order valence-electron chi connectivity index (χ0n) is 18.1. The molecule has 1 aliphatic carbocycles. The van der Waals surface area contributed by atoms with Crippen molar-refractivity contribution in [2.45, 2.75) is 44.2 Å². The summed E-state index contributed by atoms with van der Waals surface area (Å²) in [6.07, 6.45) is 7.65. The van der Waals surface area contributed by atoms with Crippen LogP contribution >= 0.6 is 11.3 Å². The summed E-state index contributed by atoms with van der Waals surface area (Å²) in [5.74, 6) is 0.189. The lowest BCUT2D eigenvalue weighted by Gasteiger charge is -2.33. The largest absolute Gasteiger partial charge is 0.495 e. The second kappa shape index (κ2) is 10.4. The van der Waals surface area contributed by atoms with Crippen LogP contribution in [0.25, 0.3) is 0 Å². The molecule has 2 aromatic heterocycles. The van der Waals surface area contributed by atoms with Gasteiger partial charge in [-0.1, -0.05) is 31.0 Å². The quantitative estimate of drug-likeness (QED) is 0.549. The summed E-state index contributed by atoms with van der Waals surface area (Å²) in [5, 5.41) is 5.14. The predicted molar refractivity (Wildman–Crippen MR) is 126 cm³/mol. The second-order valence-corrected chi connectivity index (χ2v) is 8.90. The Morgan fingerprint density at radius 1 is 1.12 bits per heavy atom. The van der Waals surface area contributed by atoms with Crippen LogP contribution in [0, 0.1) is 0 Å². The van der Waals surface area contributed by atoms with Crippen LogP contribution in [-0.2, 0) is 16.0 Å². The second-order valence-electron chi connectivity index (χ2n) is 7.86. The summed E-state index contributed by atoms with van der Waals surface area (Å²) in [6.45, 7) is 0. The number of carbonyl (C=O) groups is 2. The van der Waals surface area contributed by atoms with Gasteiger partial charge in [-0.25, -0.2) is 0 Å². The standard InChI is InChI=1S/C25H27N3O3S/c1-31-22-11-5-4-10-21(22)28(23(29)17-20-9-6-16-32-20)24(18-12-14-26-15-13-18)25(30)27-19-7-2-3-8-19/h4-6,9-16,19,24H,2-3,7-8,17H2,1H3,(H,27,30)/t24-/m0/s1. The van der Waals surface area contributed by atoms with Crippen molar-refractivity contribution >= 4 is 28.8 Å². The van der Waals surface area contributed by atoms with E-state index in [2.05, 4.69) is 10.3 Å². The van der Waals surface area contributed by atoms with Gasteiger partial charge in [-0.2, -0.15) is 0 Å². The number of ether oxygens (including phenoxy) is 1. The summed E-state index contributed by atoms with van der Waals surface area (Å²) in [5.41, 5.74) is 1.28. The van der Waals surface area contributed by atoms with Crippen molar-refractivity contribution < 1.29 is 14.3 Å². The average molecular weight is 450 g/mol. The Kier molecular flexibility index (Phi) is 7.17. The maximum Gasteiger partial charge on any atom is 0.248 e. The Bertz CT molecular complexity index is 1030. The minimum Gasteiger partial charge on any atom is -0.495 e. The number of para-hydroxylation sites is 2. The average Bonchev–Trinajstić information content (AvgIpc) is 3.52. The molecule has 0 saturated heterocycles. The van der Waals surface area contributed by atoms with Crippen LogP contribution in [0.1, 0.15) is 42.2 Å². The number of methoxy groups -OCH3 is 1. The zero-order valence-corrected chi connectivity index (χ0v) is 18.9. The highest BCUT2D eigenvalue weighted by Crippen LogP contribution is 2.36. The number of pyridine rings is 1. The van der Waals surface area contributed by atoms with E-state index < -0.39 is 6.04 Å². The van der Waals surface area contributed by atoms with Gasteiger partial charge in [0.15, 0.2) is 0 Å². The SMILES string of the molecule is COc1ccccc1N(C(=O)Cc1cccs1)[C@H](C(=O)NC1CCCC1)c1ccncc1. The van der Waals surface area contributed by atoms with E-state index in [1.807, 2.05) is 35.7 Å². The molecule has 1 aliphatic rings. The van der Waals surface area contributed by atoms with Crippen LogP contribution in [0.15, 0.2) is 66.3 Å². The Morgan fingerprint density at radius 3 is 2.56 bits per heavy atom. The van der Waals surface area contributed by atoms with Crippen molar-refractivity contribution in [3.63, 3.8) is 0 Å². The molecule has 0 spiro atoms. The summed E-state index contributed by atoms with van der Waals surface area (Å²) < 4.78 is 5.58. The van der Waals surface area contributed by atoms with Crippen LogP contribution < -0.4 is 15.0 Å². The summed E-state index contributed by atoms with van der Waals surface area (Å²) >= 11 is 1.53. The third-order valence-corrected chi connectivity index (χ3v) is 6.63. The van der Waals surface area contributed by atoms with Crippen molar-refractivity contribution in [3.8, 4) is 5.75 Å². The molecule has 0 aliphatic heterocycles. The highest BCUT2D eigenvalue weighted by Gasteiger charge is 2.35. The van der Waals surface area contributed by atoms with Crippen molar-refractivity contribution in [1.29, 1.82) is 0 Å². The molecule has 32 heavy (non-hydrogen) atoms. The van der Waals surface area contributed by atoms with Crippen molar-refractivity contribution in [2.24, 2.45) is 0 Å². The lowest BCUT2D eigenvalue weighted by atomic mass is 10.0. The molecule has 1 N–H and O–H groups in total. The molecule has 1 saturated carbocycles. The maximum absolute atomic E-state index is 13.7. The van der Waals surface area contributed by atoms with Crippen LogP contribution in [0.2, 0.25) is 0 Å². The first kappa shape index (κ1) is 22.0. The maximum atomic E-state index is 13.7. The molecular formula is C25H27N3O3S. The normalized spacial score (nSPS) is 14.7. The van der Waals surface area contributed by atoms with Crippen molar-refractivity contribution in [3.05, 3.63) is 76.7 Å². The van der Waals surface area contributed by atoms with E-state index in [-0.39, 0.29) is 24.3 Å². The number of rotatable bonds is 8. The van der Waals surface area contributed by atoms with Gasteiger partial charge >= 0.3 is 0 Å². The van der Waals surface area contributed by atoms with E-state index in [0.29, 0.717) is 17.0 Å². The van der Waals surface area contributed by atoms with E-state index >= 15 is 0 Å². The minimum absolute atomic E-state index is 0.138. The Balaban J connectivity index is 1.77. The number of benzene rings is 1. The van der Waals surface area contributed by atoms with Crippen LogP contribution in [0.3, 0.4) is 0 Å². The smallest absolute Gasteiger partial charge is 0.248 e. The molecule has 7 heteroatoms. The number of nitrogens with zero attached hydrogens (tertiary/aromatic N) is 2. The Morgan fingerprint density at radius 2 is 1.88 bits per heavy atom. The van der Waals surface area contributed by atoms with Crippen LogP contribution in [0.4, 0.5) is 5.69 Å². The fourth-order valence-electron chi connectivity index (χ4n) is 4.21. The highest BCUT2D eigenvalue weighted by atomic mass is 32.1. The number of thiophene rings is 1. The molecule has 0 radical (unpaired) electrons. The molecule has 166 valence electrons. The molecule has 3 aromatic rings. The van der Waals surface area contributed by atoms with E-state index in [1.54, 1.807) is 42.6 Å². The number of aromatic nitrogens is 1. The van der Waals surface area contributed by atoms with E-state index in [9.17, 15) is 9.59 Å². The molecule has 0 bridgehead atoms. The van der Waals surface area contributed by atoms with Gasteiger partial charge in [0, 0.05) is 23.3 Å². The monoisotopic (exact) mass is 449 g/mol. The summed E-state index contributed by atoms with van der Waals surface area (Å²) in [4.78, 5) is 34.0. The van der Waals surface area contributed by atoms with Gasteiger partial charge < -0.3 is 10.1 Å². The number of hydrogen-bond acceptors (Lipinski definition) is 5. The zero-order chi connectivity index (χ0) is 22.3. The Hall–Kier alpha value is -3.19. The number of amides is 2. The number of anilines is 1. The fraction of sp³-hybridized carbons (Fsp3) is 0.320. The van der Waals surface area contributed by atoms with Crippen molar-refractivity contribution in [1.82, 2.24) is 10.3 Å². The first-order valence-electron chi connectivity index (χ1n) is 10.8. The van der Waals surface area contributed by atoms with E-state index in [0.717, 1.165) is 30.6 Å². The molecule has 2 amide bonds. The summed E-state index contributed by atoms with van der Waals surface area (Å²) in [6, 6.07) is 14.1. The minimum atomic E-state index is -0.831. The first-order valence-corrected chi connectivity index (χ1v) is 11.7. The van der Waals surface area contributed by atoms with Gasteiger partial charge in [-0.3, -0.25) is 19.5 Å². The van der Waals surface area contributed by atoms with Crippen molar-refractivity contribution in [2.75, 3.05) is 12.0 Å². The predicted octanol–water partition coefficient (Wildman–Crippen LogP) is 4.53. The molecule has 0 unspecified atom stereocenters. The van der Waals surface area contributed by atoms with Gasteiger partial charge in [0.1, 0.15) is 11.8 Å². The fourth-order valence-corrected chi connectivity index (χ4v) is 4.90. The Labute approximate surface area is 192 Å². The lowest BCUT2D eigenvalue weighted by Crippen LogP contribution is -2.47. The number of nitrogens with one attached hydrogen (secondary N) is 1.